The maximum Gasteiger partial charge on any atom is 0.315 e. The number of rotatable bonds is 7. The molecule has 2 N–H and O–H groups in total. The van der Waals surface area contributed by atoms with Crippen molar-refractivity contribution in [2.75, 3.05) is 27.3 Å². The summed E-state index contributed by atoms with van der Waals surface area (Å²) < 4.78 is 24.7. The number of methoxy groups -OCH3 is 2. The molecule has 1 unspecified atom stereocenters. The predicted molar refractivity (Wildman–Crippen MR) is 114 cm³/mol. The SMILES string of the molecule is COc1cc2c(cc1OC)C(CNC(=O)NC(C)C)N(Cc1cccc(F)c1)CC2. The number of fused-ring (bicyclic) bond motifs is 1. The summed E-state index contributed by atoms with van der Waals surface area (Å²) in [6.07, 6.45) is 0.833. The van der Waals surface area contributed by atoms with E-state index in [1.165, 1.54) is 11.6 Å². The number of carbonyl (C=O) groups is 1. The van der Waals surface area contributed by atoms with Crippen LogP contribution in [-0.4, -0.2) is 44.3 Å². The number of hydrogen-bond acceptors (Lipinski definition) is 4. The predicted octanol–water partition coefficient (Wildman–Crippen LogP) is 3.65. The number of ether oxygens (including phenoxy) is 2. The normalized spacial score (nSPS) is 16.1. The van der Waals surface area contributed by atoms with Crippen LogP contribution in [0.4, 0.5) is 9.18 Å². The van der Waals surface area contributed by atoms with E-state index in [0.29, 0.717) is 24.6 Å². The molecule has 0 bridgehead atoms. The quantitative estimate of drug-likeness (QED) is 0.725. The van der Waals surface area contributed by atoms with E-state index in [-0.39, 0.29) is 23.9 Å². The molecule has 2 amide bonds. The average Bonchev–Trinajstić information content (AvgIpc) is 2.71. The standard InChI is InChI=1S/C23H30FN3O3/c1-15(2)26-23(28)25-13-20-19-12-22(30-4)21(29-3)11-17(19)8-9-27(20)14-16-6-5-7-18(24)10-16/h5-7,10-12,15,20H,8-9,13-14H2,1-4H3,(H2,25,26,28). The topological polar surface area (TPSA) is 62.8 Å². The number of halogens is 1. The molecule has 1 aliphatic rings. The van der Waals surface area contributed by atoms with Gasteiger partial charge in [0.2, 0.25) is 0 Å². The highest BCUT2D eigenvalue weighted by atomic mass is 19.1. The summed E-state index contributed by atoms with van der Waals surface area (Å²) in [6.45, 7) is 5.64. The Morgan fingerprint density at radius 2 is 1.93 bits per heavy atom. The minimum atomic E-state index is -0.248. The summed E-state index contributed by atoms with van der Waals surface area (Å²) in [7, 11) is 3.24. The van der Waals surface area contributed by atoms with Crippen molar-refractivity contribution in [3.05, 3.63) is 58.9 Å². The van der Waals surface area contributed by atoms with Gasteiger partial charge in [-0.3, -0.25) is 4.90 Å². The minimum absolute atomic E-state index is 0.0522. The van der Waals surface area contributed by atoms with Gasteiger partial charge < -0.3 is 20.1 Å². The number of nitrogens with one attached hydrogen (secondary N) is 2. The first-order valence-electron chi connectivity index (χ1n) is 10.2. The molecular weight excluding hydrogens is 385 g/mol. The Morgan fingerprint density at radius 1 is 1.20 bits per heavy atom. The van der Waals surface area contributed by atoms with Crippen LogP contribution in [0.3, 0.4) is 0 Å². The third-order valence-corrected chi connectivity index (χ3v) is 5.26. The summed E-state index contributed by atoms with van der Waals surface area (Å²) in [6, 6.07) is 10.4. The van der Waals surface area contributed by atoms with Gasteiger partial charge in [0.25, 0.3) is 0 Å². The maximum absolute atomic E-state index is 13.7. The van der Waals surface area contributed by atoms with Crippen LogP contribution in [0.15, 0.2) is 36.4 Å². The number of amides is 2. The molecular formula is C23H30FN3O3. The number of urea groups is 1. The molecule has 3 rings (SSSR count). The highest BCUT2D eigenvalue weighted by Gasteiger charge is 2.29. The zero-order valence-electron chi connectivity index (χ0n) is 18.0. The Hall–Kier alpha value is -2.80. The second-order valence-corrected chi connectivity index (χ2v) is 7.78. The van der Waals surface area contributed by atoms with Crippen LogP contribution < -0.4 is 20.1 Å². The number of carbonyl (C=O) groups excluding carboxylic acids is 1. The maximum atomic E-state index is 13.7. The van der Waals surface area contributed by atoms with E-state index in [9.17, 15) is 9.18 Å². The lowest BCUT2D eigenvalue weighted by molar-refractivity contribution is 0.170. The Morgan fingerprint density at radius 3 is 2.60 bits per heavy atom. The van der Waals surface area contributed by atoms with Crippen molar-refractivity contribution < 1.29 is 18.7 Å². The highest BCUT2D eigenvalue weighted by Crippen LogP contribution is 2.38. The second-order valence-electron chi connectivity index (χ2n) is 7.78. The average molecular weight is 416 g/mol. The highest BCUT2D eigenvalue weighted by molar-refractivity contribution is 5.74. The minimum Gasteiger partial charge on any atom is -0.493 e. The van der Waals surface area contributed by atoms with E-state index >= 15 is 0 Å². The molecule has 0 fully saturated rings. The Labute approximate surface area is 177 Å². The lowest BCUT2D eigenvalue weighted by Crippen LogP contribution is -2.45. The molecule has 6 nitrogen and oxygen atoms in total. The lowest BCUT2D eigenvalue weighted by atomic mass is 9.91. The van der Waals surface area contributed by atoms with Crippen molar-refractivity contribution in [2.24, 2.45) is 0 Å². The van der Waals surface area contributed by atoms with Gasteiger partial charge in [0.05, 0.1) is 20.3 Å². The number of hydrogen-bond donors (Lipinski definition) is 2. The first kappa shape index (κ1) is 21.9. The van der Waals surface area contributed by atoms with E-state index in [1.807, 2.05) is 32.0 Å². The fourth-order valence-electron chi connectivity index (χ4n) is 3.88. The van der Waals surface area contributed by atoms with Gasteiger partial charge in [0, 0.05) is 25.7 Å². The van der Waals surface area contributed by atoms with E-state index in [2.05, 4.69) is 15.5 Å². The third-order valence-electron chi connectivity index (χ3n) is 5.26. The largest absolute Gasteiger partial charge is 0.493 e. The van der Waals surface area contributed by atoms with Gasteiger partial charge in [-0.05, 0) is 61.2 Å². The Balaban J connectivity index is 1.89. The van der Waals surface area contributed by atoms with E-state index in [0.717, 1.165) is 24.1 Å². The number of nitrogens with zero attached hydrogens (tertiary/aromatic N) is 1. The van der Waals surface area contributed by atoms with Crippen molar-refractivity contribution >= 4 is 6.03 Å². The molecule has 0 aliphatic carbocycles. The van der Waals surface area contributed by atoms with Gasteiger partial charge in [-0.25, -0.2) is 9.18 Å². The first-order chi connectivity index (χ1) is 14.4. The molecule has 2 aromatic carbocycles. The van der Waals surface area contributed by atoms with Crippen LogP contribution in [0.25, 0.3) is 0 Å². The second kappa shape index (κ2) is 9.80. The van der Waals surface area contributed by atoms with E-state index < -0.39 is 0 Å². The zero-order chi connectivity index (χ0) is 21.7. The summed E-state index contributed by atoms with van der Waals surface area (Å²) >= 11 is 0. The molecule has 0 aromatic heterocycles. The summed E-state index contributed by atoms with van der Waals surface area (Å²) in [4.78, 5) is 14.5. The molecule has 30 heavy (non-hydrogen) atoms. The molecule has 0 saturated heterocycles. The van der Waals surface area contributed by atoms with Crippen LogP contribution in [0.1, 0.15) is 36.6 Å². The van der Waals surface area contributed by atoms with E-state index in [4.69, 9.17) is 9.47 Å². The Bertz CT molecular complexity index is 888. The van der Waals surface area contributed by atoms with E-state index in [1.54, 1.807) is 26.4 Å². The fourth-order valence-corrected chi connectivity index (χ4v) is 3.88. The summed E-state index contributed by atoms with van der Waals surface area (Å²) in [5, 5.41) is 5.84. The molecule has 0 spiro atoms. The van der Waals surface area contributed by atoms with Crippen LogP contribution >= 0.6 is 0 Å². The third kappa shape index (κ3) is 5.21. The van der Waals surface area contributed by atoms with Crippen molar-refractivity contribution in [1.29, 1.82) is 0 Å². The van der Waals surface area contributed by atoms with Crippen molar-refractivity contribution in [3.8, 4) is 11.5 Å². The van der Waals surface area contributed by atoms with Crippen LogP contribution in [0.5, 0.6) is 11.5 Å². The Kier molecular flexibility index (Phi) is 7.15. The van der Waals surface area contributed by atoms with Gasteiger partial charge in [-0.2, -0.15) is 0 Å². The van der Waals surface area contributed by atoms with Crippen molar-refractivity contribution in [2.45, 2.75) is 38.9 Å². The lowest BCUT2D eigenvalue weighted by Gasteiger charge is -2.38. The molecule has 1 aliphatic heterocycles. The van der Waals surface area contributed by atoms with Crippen LogP contribution in [0, 0.1) is 5.82 Å². The summed E-state index contributed by atoms with van der Waals surface area (Å²) in [5.74, 6) is 1.10. The molecule has 7 heteroatoms. The van der Waals surface area contributed by atoms with Crippen molar-refractivity contribution in [3.63, 3.8) is 0 Å². The fraction of sp³-hybridized carbons (Fsp3) is 0.435. The van der Waals surface area contributed by atoms with Gasteiger partial charge in [-0.15, -0.1) is 0 Å². The molecule has 0 saturated carbocycles. The molecule has 1 heterocycles. The molecule has 162 valence electrons. The van der Waals surface area contributed by atoms with Crippen LogP contribution in [0.2, 0.25) is 0 Å². The van der Waals surface area contributed by atoms with Crippen LogP contribution in [-0.2, 0) is 13.0 Å². The van der Waals surface area contributed by atoms with Crippen molar-refractivity contribution in [1.82, 2.24) is 15.5 Å². The molecule has 0 radical (unpaired) electrons. The van der Waals surface area contributed by atoms with Gasteiger partial charge in [0.1, 0.15) is 5.82 Å². The molecule has 1 atom stereocenters. The monoisotopic (exact) mass is 415 g/mol. The van der Waals surface area contributed by atoms with Gasteiger partial charge >= 0.3 is 6.03 Å². The molecule has 2 aromatic rings. The number of benzene rings is 2. The van der Waals surface area contributed by atoms with Gasteiger partial charge in [0.15, 0.2) is 11.5 Å². The first-order valence-corrected chi connectivity index (χ1v) is 10.2. The summed E-state index contributed by atoms with van der Waals surface area (Å²) in [5.41, 5.74) is 3.15. The van der Waals surface area contributed by atoms with Gasteiger partial charge in [-0.1, -0.05) is 12.1 Å². The smallest absolute Gasteiger partial charge is 0.315 e. The zero-order valence-corrected chi connectivity index (χ0v) is 18.0.